The number of nitrogens with zero attached hydrogens (tertiary/aromatic N) is 1. The molecule has 0 saturated carbocycles. The van der Waals surface area contributed by atoms with Crippen LogP contribution in [0.2, 0.25) is 5.02 Å². The summed E-state index contributed by atoms with van der Waals surface area (Å²) in [6.45, 7) is 3.22. The first-order valence-electron chi connectivity index (χ1n) is 12.6. The number of rotatable bonds is 10. The number of hydrogen-bond acceptors (Lipinski definition) is 5. The van der Waals surface area contributed by atoms with Gasteiger partial charge in [-0.3, -0.25) is 13.9 Å². The van der Waals surface area contributed by atoms with Crippen molar-refractivity contribution in [2.24, 2.45) is 0 Å². The largest absolute Gasteiger partial charge is 0.495 e. The van der Waals surface area contributed by atoms with Crippen LogP contribution >= 0.6 is 11.6 Å². The standard InChI is InChI=1S/C31H29ClN2O5S/c1-4-22-11-14-25(15-12-22)34(40(37,38)29-18-21(2)10-17-28(29)39-3)20-30(35)33-27-16-13-24(32)19-26(27)31(36)23-8-6-5-7-9-23/h5-19H,4,20H2,1-3H3,(H,33,35). The third-order valence-corrected chi connectivity index (χ3v) is 8.37. The minimum Gasteiger partial charge on any atom is -0.495 e. The first-order valence-corrected chi connectivity index (χ1v) is 14.4. The Morgan fingerprint density at radius 3 is 2.27 bits per heavy atom. The summed E-state index contributed by atoms with van der Waals surface area (Å²) in [7, 11) is -2.85. The third-order valence-electron chi connectivity index (χ3n) is 6.34. The van der Waals surface area contributed by atoms with Crippen LogP contribution in [-0.2, 0) is 21.2 Å². The highest BCUT2D eigenvalue weighted by molar-refractivity contribution is 7.93. The number of hydrogen-bond donors (Lipinski definition) is 1. The molecule has 0 fully saturated rings. The number of ether oxygens (including phenoxy) is 1. The van der Waals surface area contributed by atoms with Crippen molar-refractivity contribution < 1.29 is 22.7 Å². The lowest BCUT2D eigenvalue weighted by Gasteiger charge is -2.25. The molecule has 7 nitrogen and oxygen atoms in total. The minimum atomic E-state index is -4.24. The van der Waals surface area contributed by atoms with E-state index in [4.69, 9.17) is 16.3 Å². The van der Waals surface area contributed by atoms with E-state index < -0.39 is 22.5 Å². The first-order chi connectivity index (χ1) is 19.1. The van der Waals surface area contributed by atoms with Gasteiger partial charge in [0.2, 0.25) is 5.91 Å². The molecule has 4 aromatic carbocycles. The SMILES string of the molecule is CCc1ccc(N(CC(=O)Nc2ccc(Cl)cc2C(=O)c2ccccc2)S(=O)(=O)c2cc(C)ccc2OC)cc1. The molecular formula is C31H29ClN2O5S. The number of ketones is 1. The second-order valence-electron chi connectivity index (χ2n) is 9.12. The zero-order valence-corrected chi connectivity index (χ0v) is 23.9. The second-order valence-corrected chi connectivity index (χ2v) is 11.4. The molecule has 4 aromatic rings. The Hall–Kier alpha value is -4.14. The van der Waals surface area contributed by atoms with Gasteiger partial charge in [0.1, 0.15) is 17.2 Å². The average Bonchev–Trinajstić information content (AvgIpc) is 2.97. The number of methoxy groups -OCH3 is 1. The van der Waals surface area contributed by atoms with Crippen molar-refractivity contribution in [2.45, 2.75) is 25.2 Å². The van der Waals surface area contributed by atoms with Crippen LogP contribution in [0.25, 0.3) is 0 Å². The highest BCUT2D eigenvalue weighted by Gasteiger charge is 2.30. The molecule has 1 amide bonds. The number of anilines is 2. The van der Waals surface area contributed by atoms with Crippen LogP contribution in [-0.4, -0.2) is 33.8 Å². The molecule has 0 unspecified atom stereocenters. The predicted octanol–water partition coefficient (Wildman–Crippen LogP) is 6.28. The molecule has 0 bridgehead atoms. The van der Waals surface area contributed by atoms with Crippen LogP contribution in [0.5, 0.6) is 5.75 Å². The monoisotopic (exact) mass is 576 g/mol. The number of amides is 1. The molecule has 0 aliphatic rings. The number of carbonyl (C=O) groups is 2. The van der Waals surface area contributed by atoms with Crippen molar-refractivity contribution in [3.05, 3.63) is 118 Å². The van der Waals surface area contributed by atoms with E-state index in [-0.39, 0.29) is 27.7 Å². The van der Waals surface area contributed by atoms with Gasteiger partial charge in [0, 0.05) is 16.1 Å². The number of benzene rings is 4. The fourth-order valence-electron chi connectivity index (χ4n) is 4.20. The summed E-state index contributed by atoms with van der Waals surface area (Å²) in [6.07, 6.45) is 0.772. The Labute approximate surface area is 239 Å². The summed E-state index contributed by atoms with van der Waals surface area (Å²) in [5.74, 6) is -0.809. The third kappa shape index (κ3) is 6.35. The normalized spacial score (nSPS) is 11.1. The first kappa shape index (κ1) is 28.9. The Morgan fingerprint density at radius 1 is 0.925 bits per heavy atom. The van der Waals surface area contributed by atoms with Gasteiger partial charge in [-0.25, -0.2) is 8.42 Å². The summed E-state index contributed by atoms with van der Waals surface area (Å²) in [4.78, 5) is 26.6. The van der Waals surface area contributed by atoms with Crippen molar-refractivity contribution in [3.63, 3.8) is 0 Å². The number of nitrogens with one attached hydrogen (secondary N) is 1. The van der Waals surface area contributed by atoms with Gasteiger partial charge in [-0.15, -0.1) is 0 Å². The Kier molecular flexibility index (Phi) is 8.92. The van der Waals surface area contributed by atoms with Crippen molar-refractivity contribution in [3.8, 4) is 5.75 Å². The number of carbonyl (C=O) groups excluding carboxylic acids is 2. The summed E-state index contributed by atoms with van der Waals surface area (Å²) >= 11 is 6.18. The zero-order chi connectivity index (χ0) is 28.9. The Balaban J connectivity index is 1.72. The van der Waals surface area contributed by atoms with Gasteiger partial charge in [0.25, 0.3) is 10.0 Å². The highest BCUT2D eigenvalue weighted by Crippen LogP contribution is 2.31. The number of sulfonamides is 1. The lowest BCUT2D eigenvalue weighted by Crippen LogP contribution is -2.38. The van der Waals surface area contributed by atoms with E-state index in [1.807, 2.05) is 19.1 Å². The molecule has 0 spiro atoms. The van der Waals surface area contributed by atoms with E-state index in [0.29, 0.717) is 16.3 Å². The lowest BCUT2D eigenvalue weighted by atomic mass is 10.0. The maximum absolute atomic E-state index is 14.0. The predicted molar refractivity (Wildman–Crippen MR) is 158 cm³/mol. The van der Waals surface area contributed by atoms with Gasteiger partial charge >= 0.3 is 0 Å². The maximum Gasteiger partial charge on any atom is 0.268 e. The van der Waals surface area contributed by atoms with Gasteiger partial charge in [-0.1, -0.05) is 67.1 Å². The van der Waals surface area contributed by atoms with E-state index in [1.165, 1.54) is 25.3 Å². The summed E-state index contributed by atoms with van der Waals surface area (Å²) in [5, 5.41) is 3.04. The van der Waals surface area contributed by atoms with Crippen LogP contribution in [0.3, 0.4) is 0 Å². The van der Waals surface area contributed by atoms with Crippen molar-refractivity contribution in [1.29, 1.82) is 0 Å². The molecule has 9 heteroatoms. The average molecular weight is 577 g/mol. The second kappa shape index (κ2) is 12.4. The lowest BCUT2D eigenvalue weighted by molar-refractivity contribution is -0.114. The molecule has 1 N–H and O–H groups in total. The fraction of sp³-hybridized carbons (Fsp3) is 0.161. The van der Waals surface area contributed by atoms with Gasteiger partial charge in [0.15, 0.2) is 5.78 Å². The summed E-state index contributed by atoms with van der Waals surface area (Å²) in [6, 6.07) is 25.0. The summed E-state index contributed by atoms with van der Waals surface area (Å²) in [5.41, 5.74) is 2.88. The molecule has 0 aliphatic heterocycles. The van der Waals surface area contributed by atoms with E-state index in [0.717, 1.165) is 21.9 Å². The fourth-order valence-corrected chi connectivity index (χ4v) is 6.03. The van der Waals surface area contributed by atoms with Crippen LogP contribution in [0.4, 0.5) is 11.4 Å². The topological polar surface area (TPSA) is 92.8 Å². The van der Waals surface area contributed by atoms with Crippen LogP contribution in [0.1, 0.15) is 34.0 Å². The number of aryl methyl sites for hydroxylation is 2. The smallest absolute Gasteiger partial charge is 0.268 e. The Bertz CT molecular complexity index is 1640. The van der Waals surface area contributed by atoms with Crippen LogP contribution < -0.4 is 14.4 Å². The summed E-state index contributed by atoms with van der Waals surface area (Å²) < 4.78 is 34.4. The Morgan fingerprint density at radius 2 is 1.62 bits per heavy atom. The maximum atomic E-state index is 14.0. The van der Waals surface area contributed by atoms with Crippen molar-refractivity contribution >= 4 is 44.7 Å². The van der Waals surface area contributed by atoms with Crippen molar-refractivity contribution in [1.82, 2.24) is 0 Å². The van der Waals surface area contributed by atoms with E-state index in [2.05, 4.69) is 5.32 Å². The molecule has 4 rings (SSSR count). The van der Waals surface area contributed by atoms with Crippen molar-refractivity contribution in [2.75, 3.05) is 23.3 Å². The molecule has 0 saturated heterocycles. The van der Waals surface area contributed by atoms with Gasteiger partial charge < -0.3 is 10.1 Å². The molecule has 0 aromatic heterocycles. The minimum absolute atomic E-state index is 0.0613. The van der Waals surface area contributed by atoms with Gasteiger partial charge in [-0.2, -0.15) is 0 Å². The zero-order valence-electron chi connectivity index (χ0n) is 22.3. The highest BCUT2D eigenvalue weighted by atomic mass is 35.5. The van der Waals surface area contributed by atoms with E-state index in [9.17, 15) is 18.0 Å². The van der Waals surface area contributed by atoms with Crippen LogP contribution in [0, 0.1) is 6.92 Å². The molecule has 0 aliphatic carbocycles. The molecule has 206 valence electrons. The van der Waals surface area contributed by atoms with Crippen LogP contribution in [0.15, 0.2) is 95.9 Å². The molecule has 40 heavy (non-hydrogen) atoms. The molecule has 0 atom stereocenters. The number of halogens is 1. The van der Waals surface area contributed by atoms with Gasteiger partial charge in [-0.05, 0) is 66.9 Å². The quantitative estimate of drug-likeness (QED) is 0.224. The van der Waals surface area contributed by atoms with E-state index in [1.54, 1.807) is 67.6 Å². The van der Waals surface area contributed by atoms with E-state index >= 15 is 0 Å². The van der Waals surface area contributed by atoms with Gasteiger partial charge in [0.05, 0.1) is 18.5 Å². The molecule has 0 radical (unpaired) electrons. The molecule has 0 heterocycles. The molecular weight excluding hydrogens is 548 g/mol.